The largest absolute Gasteiger partial charge is 0.341 e. The molecule has 3 rings (SSSR count). The van der Waals surface area contributed by atoms with Crippen LogP contribution in [-0.4, -0.2) is 68.3 Å². The van der Waals surface area contributed by atoms with Gasteiger partial charge in [0.2, 0.25) is 11.8 Å². The Hall–Kier alpha value is -2.35. The van der Waals surface area contributed by atoms with Gasteiger partial charge in [-0.3, -0.25) is 14.2 Å². The second-order valence-corrected chi connectivity index (χ2v) is 8.50. The van der Waals surface area contributed by atoms with Crippen LogP contribution in [0, 0.1) is 0 Å². The number of hydrogen-bond donors (Lipinski definition) is 0. The smallest absolute Gasteiger partial charge is 0.233 e. The number of hydrogen-bond acceptors (Lipinski definition) is 5. The molecule has 0 spiro atoms. The fourth-order valence-electron chi connectivity index (χ4n) is 3.60. The topological polar surface area (TPSA) is 71.3 Å². The van der Waals surface area contributed by atoms with Crippen LogP contribution in [0.4, 0.5) is 0 Å². The molecule has 1 saturated heterocycles. The van der Waals surface area contributed by atoms with Gasteiger partial charge in [0.25, 0.3) is 0 Å². The van der Waals surface area contributed by atoms with Crippen LogP contribution in [0.5, 0.6) is 0 Å². The maximum atomic E-state index is 12.8. The first-order valence-corrected chi connectivity index (χ1v) is 11.7. The predicted molar refractivity (Wildman–Crippen MR) is 119 cm³/mol. The lowest BCUT2D eigenvalue weighted by Crippen LogP contribution is -2.37. The van der Waals surface area contributed by atoms with Gasteiger partial charge in [0.1, 0.15) is 0 Å². The Morgan fingerprint density at radius 1 is 1.00 bits per heavy atom. The van der Waals surface area contributed by atoms with Crippen molar-refractivity contribution in [1.29, 1.82) is 0 Å². The van der Waals surface area contributed by atoms with Crippen LogP contribution in [-0.2, 0) is 9.59 Å². The second-order valence-electron chi connectivity index (χ2n) is 7.56. The molecule has 1 atom stereocenters. The van der Waals surface area contributed by atoms with Crippen molar-refractivity contribution in [2.75, 3.05) is 31.9 Å². The molecular weight excluding hydrogens is 398 g/mol. The first kappa shape index (κ1) is 22.3. The third-order valence-electron chi connectivity index (χ3n) is 5.56. The lowest BCUT2D eigenvalue weighted by molar-refractivity contribution is -0.132. The van der Waals surface area contributed by atoms with Crippen molar-refractivity contribution in [3.63, 3.8) is 0 Å². The number of thioether (sulfide) groups is 1. The lowest BCUT2D eigenvalue weighted by Gasteiger charge is -2.22. The molecule has 0 N–H and O–H groups in total. The van der Waals surface area contributed by atoms with E-state index in [2.05, 4.69) is 28.6 Å². The number of benzene rings is 1. The molecule has 0 aliphatic carbocycles. The molecule has 7 nitrogen and oxygen atoms in total. The highest BCUT2D eigenvalue weighted by atomic mass is 32.2. The highest BCUT2D eigenvalue weighted by Crippen LogP contribution is 2.29. The summed E-state index contributed by atoms with van der Waals surface area (Å²) >= 11 is 1.44. The van der Waals surface area contributed by atoms with E-state index in [1.807, 2.05) is 47.1 Å². The van der Waals surface area contributed by atoms with Crippen molar-refractivity contribution in [2.45, 2.75) is 51.2 Å². The molecule has 30 heavy (non-hydrogen) atoms. The minimum atomic E-state index is 0.0887. The van der Waals surface area contributed by atoms with Gasteiger partial charge < -0.3 is 9.80 Å². The standard InChI is InChI=1S/C22H31N5O2S/c1-4-17(3)27-21(18-10-7-6-8-11-18)23-24-22(27)30-16-20(29)26-13-9-12-25(14-15-26)19(28)5-2/h6-8,10-11,17H,4-5,9,12-16H2,1-3H3. The van der Waals surface area contributed by atoms with Gasteiger partial charge in [0.05, 0.1) is 5.75 Å². The first-order chi connectivity index (χ1) is 14.5. The Bertz CT molecular complexity index is 854. The molecule has 1 unspecified atom stereocenters. The van der Waals surface area contributed by atoms with Crippen molar-refractivity contribution in [2.24, 2.45) is 0 Å². The Morgan fingerprint density at radius 2 is 1.67 bits per heavy atom. The fraction of sp³-hybridized carbons (Fsp3) is 0.545. The minimum Gasteiger partial charge on any atom is -0.341 e. The molecule has 1 fully saturated rings. The molecule has 2 heterocycles. The number of aromatic nitrogens is 3. The van der Waals surface area contributed by atoms with E-state index in [9.17, 15) is 9.59 Å². The van der Waals surface area contributed by atoms with Crippen LogP contribution >= 0.6 is 11.8 Å². The zero-order valence-corrected chi connectivity index (χ0v) is 18.9. The van der Waals surface area contributed by atoms with Crippen LogP contribution in [0.25, 0.3) is 11.4 Å². The van der Waals surface area contributed by atoms with Gasteiger partial charge in [-0.25, -0.2) is 0 Å². The quantitative estimate of drug-likeness (QED) is 0.630. The maximum absolute atomic E-state index is 12.8. The summed E-state index contributed by atoms with van der Waals surface area (Å²) in [5.74, 6) is 1.41. The summed E-state index contributed by atoms with van der Waals surface area (Å²) in [4.78, 5) is 28.5. The molecule has 2 amide bonds. The summed E-state index contributed by atoms with van der Waals surface area (Å²) in [7, 11) is 0. The molecule has 1 aliphatic rings. The predicted octanol–water partition coefficient (Wildman–Crippen LogP) is 3.48. The summed E-state index contributed by atoms with van der Waals surface area (Å²) < 4.78 is 2.14. The number of rotatable bonds is 7. The zero-order chi connectivity index (χ0) is 21.5. The molecule has 1 aliphatic heterocycles. The molecule has 0 radical (unpaired) electrons. The van der Waals surface area contributed by atoms with E-state index in [0.29, 0.717) is 31.8 Å². The van der Waals surface area contributed by atoms with Crippen molar-refractivity contribution >= 4 is 23.6 Å². The Morgan fingerprint density at radius 3 is 2.30 bits per heavy atom. The van der Waals surface area contributed by atoms with E-state index in [-0.39, 0.29) is 17.9 Å². The van der Waals surface area contributed by atoms with Crippen molar-refractivity contribution in [3.05, 3.63) is 30.3 Å². The molecule has 1 aromatic carbocycles. The Balaban J connectivity index is 1.67. The summed E-state index contributed by atoms with van der Waals surface area (Å²) in [6.07, 6.45) is 2.29. The Kier molecular flexibility index (Phi) is 7.90. The van der Waals surface area contributed by atoms with Crippen LogP contribution in [0.1, 0.15) is 46.1 Å². The molecule has 162 valence electrons. The number of nitrogens with zero attached hydrogens (tertiary/aromatic N) is 5. The first-order valence-electron chi connectivity index (χ1n) is 10.7. The van der Waals surface area contributed by atoms with E-state index in [0.717, 1.165) is 35.9 Å². The van der Waals surface area contributed by atoms with E-state index < -0.39 is 0 Å². The van der Waals surface area contributed by atoms with Crippen molar-refractivity contribution in [3.8, 4) is 11.4 Å². The third-order valence-corrected chi connectivity index (χ3v) is 6.48. The average Bonchev–Trinajstić information content (AvgIpc) is 3.05. The summed E-state index contributed by atoms with van der Waals surface area (Å²) in [6.45, 7) is 8.80. The Labute approximate surface area is 182 Å². The lowest BCUT2D eigenvalue weighted by atomic mass is 10.2. The zero-order valence-electron chi connectivity index (χ0n) is 18.1. The van der Waals surface area contributed by atoms with Crippen LogP contribution in [0.3, 0.4) is 0 Å². The van der Waals surface area contributed by atoms with Gasteiger partial charge in [-0.2, -0.15) is 0 Å². The monoisotopic (exact) mass is 429 g/mol. The average molecular weight is 430 g/mol. The van der Waals surface area contributed by atoms with E-state index in [1.165, 1.54) is 11.8 Å². The maximum Gasteiger partial charge on any atom is 0.233 e. The number of amides is 2. The van der Waals surface area contributed by atoms with Crippen LogP contribution in [0.15, 0.2) is 35.5 Å². The molecule has 0 saturated carbocycles. The van der Waals surface area contributed by atoms with E-state index in [1.54, 1.807) is 0 Å². The summed E-state index contributed by atoms with van der Waals surface area (Å²) in [5.41, 5.74) is 1.02. The summed E-state index contributed by atoms with van der Waals surface area (Å²) in [5, 5.41) is 9.59. The van der Waals surface area contributed by atoms with Crippen molar-refractivity contribution in [1.82, 2.24) is 24.6 Å². The van der Waals surface area contributed by atoms with Gasteiger partial charge in [0.15, 0.2) is 11.0 Å². The molecule has 2 aromatic rings. The molecular formula is C22H31N5O2S. The highest BCUT2D eigenvalue weighted by Gasteiger charge is 2.23. The fourth-order valence-corrected chi connectivity index (χ4v) is 4.54. The molecule has 1 aromatic heterocycles. The highest BCUT2D eigenvalue weighted by molar-refractivity contribution is 7.99. The number of carbonyl (C=O) groups is 2. The van der Waals surface area contributed by atoms with E-state index >= 15 is 0 Å². The van der Waals surface area contributed by atoms with Gasteiger partial charge >= 0.3 is 0 Å². The van der Waals surface area contributed by atoms with Gasteiger partial charge in [-0.1, -0.05) is 55.9 Å². The van der Waals surface area contributed by atoms with Crippen molar-refractivity contribution < 1.29 is 9.59 Å². The van der Waals surface area contributed by atoms with E-state index in [4.69, 9.17) is 0 Å². The molecule has 0 bridgehead atoms. The minimum absolute atomic E-state index is 0.0887. The van der Waals surface area contributed by atoms with Crippen LogP contribution < -0.4 is 0 Å². The van der Waals surface area contributed by atoms with Gasteiger partial charge in [0, 0.05) is 44.2 Å². The third kappa shape index (κ3) is 5.22. The number of carbonyl (C=O) groups excluding carboxylic acids is 2. The normalized spacial score (nSPS) is 15.7. The summed E-state index contributed by atoms with van der Waals surface area (Å²) in [6, 6.07) is 10.3. The van der Waals surface area contributed by atoms with Gasteiger partial charge in [-0.15, -0.1) is 10.2 Å². The molecule has 8 heteroatoms. The van der Waals surface area contributed by atoms with Crippen LogP contribution in [0.2, 0.25) is 0 Å². The second kappa shape index (κ2) is 10.6. The van der Waals surface area contributed by atoms with Gasteiger partial charge in [-0.05, 0) is 19.8 Å². The SMILES string of the molecule is CCC(=O)N1CCCN(C(=O)CSc2nnc(-c3ccccc3)n2C(C)CC)CC1.